The zero-order valence-corrected chi connectivity index (χ0v) is 16.2. The monoisotopic (exact) mass is 357 g/mol. The van der Waals surface area contributed by atoms with Gasteiger partial charge in [-0.15, -0.1) is 5.10 Å². The van der Waals surface area contributed by atoms with Gasteiger partial charge in [-0.3, -0.25) is 4.90 Å². The summed E-state index contributed by atoms with van der Waals surface area (Å²) in [5.74, 6) is 1.32. The van der Waals surface area contributed by atoms with Gasteiger partial charge < -0.3 is 4.74 Å². The van der Waals surface area contributed by atoms with Crippen molar-refractivity contribution in [3.63, 3.8) is 0 Å². The molecule has 0 radical (unpaired) electrons. The Hall–Kier alpha value is -2.44. The van der Waals surface area contributed by atoms with E-state index in [1.54, 1.807) is 16.6 Å². The number of benzene rings is 1. The van der Waals surface area contributed by atoms with Crippen molar-refractivity contribution >= 4 is 6.09 Å². The second kappa shape index (κ2) is 7.05. The molecule has 0 aliphatic heterocycles. The lowest BCUT2D eigenvalue weighted by Gasteiger charge is -2.43. The Balaban J connectivity index is 2.14. The minimum atomic E-state index is -0.570. The topological polar surface area (TPSA) is 73.1 Å². The van der Waals surface area contributed by atoms with E-state index in [-0.39, 0.29) is 6.09 Å². The predicted molar refractivity (Wildman–Crippen MR) is 98.1 cm³/mol. The number of aromatic nitrogens is 4. The van der Waals surface area contributed by atoms with Crippen molar-refractivity contribution in [3.8, 4) is 5.69 Å². The van der Waals surface area contributed by atoms with E-state index in [9.17, 15) is 4.79 Å². The first-order valence-corrected chi connectivity index (χ1v) is 9.08. The molecule has 1 aliphatic carbocycles. The van der Waals surface area contributed by atoms with Crippen molar-refractivity contribution in [3.05, 3.63) is 35.2 Å². The van der Waals surface area contributed by atoms with Crippen LogP contribution in [0.4, 0.5) is 4.79 Å². The van der Waals surface area contributed by atoms with Gasteiger partial charge in [-0.05, 0) is 73.1 Å². The molecule has 0 N–H and O–H groups in total. The number of carbonyl (C=O) groups excluding carboxylic acids is 1. The number of hydrogen-bond acceptors (Lipinski definition) is 5. The van der Waals surface area contributed by atoms with Gasteiger partial charge in [-0.1, -0.05) is 19.1 Å². The summed E-state index contributed by atoms with van der Waals surface area (Å²) < 4.78 is 6.80. The summed E-state index contributed by atoms with van der Waals surface area (Å²) in [6.07, 6.45) is 3.29. The first-order valence-electron chi connectivity index (χ1n) is 9.08. The van der Waals surface area contributed by atoms with E-state index >= 15 is 0 Å². The summed E-state index contributed by atoms with van der Waals surface area (Å²) in [6, 6.07) is 6.09. The van der Waals surface area contributed by atoms with Crippen LogP contribution >= 0.6 is 0 Å². The molecule has 1 aromatic carbocycles. The van der Waals surface area contributed by atoms with E-state index in [4.69, 9.17) is 4.74 Å². The Morgan fingerprint density at radius 3 is 2.65 bits per heavy atom. The van der Waals surface area contributed by atoms with Crippen molar-refractivity contribution in [2.45, 2.75) is 52.0 Å². The van der Waals surface area contributed by atoms with Crippen molar-refractivity contribution in [2.24, 2.45) is 5.92 Å². The van der Waals surface area contributed by atoms with Crippen LogP contribution < -0.4 is 0 Å². The number of ether oxygens (including phenoxy) is 1. The first-order chi connectivity index (χ1) is 12.4. The van der Waals surface area contributed by atoms with Crippen LogP contribution in [0.2, 0.25) is 0 Å². The van der Waals surface area contributed by atoms with E-state index in [0.29, 0.717) is 11.7 Å². The maximum Gasteiger partial charge on any atom is 0.410 e. The number of aryl methyl sites for hydroxylation is 1. The molecule has 7 heteroatoms. The number of amides is 1. The molecular weight excluding hydrogens is 330 g/mol. The molecular formula is C19H27N5O2. The molecule has 0 spiro atoms. The maximum absolute atomic E-state index is 12.4. The van der Waals surface area contributed by atoms with Crippen LogP contribution in [0.1, 0.15) is 49.6 Å². The van der Waals surface area contributed by atoms with Crippen LogP contribution in [0, 0.1) is 19.8 Å². The van der Waals surface area contributed by atoms with E-state index in [1.165, 1.54) is 12.7 Å². The van der Waals surface area contributed by atoms with Gasteiger partial charge in [0.2, 0.25) is 0 Å². The lowest BCUT2D eigenvalue weighted by molar-refractivity contribution is 0.0383. The summed E-state index contributed by atoms with van der Waals surface area (Å²) in [7, 11) is 3.19. The summed E-state index contributed by atoms with van der Waals surface area (Å²) in [4.78, 5) is 14.1. The molecule has 1 fully saturated rings. The van der Waals surface area contributed by atoms with Crippen molar-refractivity contribution in [2.75, 3.05) is 14.2 Å². The molecule has 140 valence electrons. The van der Waals surface area contributed by atoms with Crippen LogP contribution in [0.15, 0.2) is 18.2 Å². The zero-order chi connectivity index (χ0) is 18.9. The lowest BCUT2D eigenvalue weighted by Crippen LogP contribution is -2.50. The number of methoxy groups -OCH3 is 1. The average Bonchev–Trinajstić information content (AvgIpc) is 3.13. The van der Waals surface area contributed by atoms with Crippen LogP contribution in [-0.2, 0) is 10.3 Å². The quantitative estimate of drug-likeness (QED) is 0.842. The van der Waals surface area contributed by atoms with Crippen LogP contribution in [0.5, 0.6) is 0 Å². The normalized spacial score (nSPS) is 22.9. The van der Waals surface area contributed by atoms with Gasteiger partial charge in [0.15, 0.2) is 5.82 Å². The molecule has 1 amide bonds. The zero-order valence-electron chi connectivity index (χ0n) is 16.2. The Morgan fingerprint density at radius 2 is 2.00 bits per heavy atom. The standard InChI is InChI=1S/C19H27N5O2/c1-13-9-11-19(12-10-13,23(4)18(25)26-5)17-20-21-22-24(17)16-8-6-7-14(2)15(16)3/h6-8,13H,9-12H2,1-5H3. The minimum absolute atomic E-state index is 0.366. The van der Waals surface area contributed by atoms with Gasteiger partial charge in [0.1, 0.15) is 5.54 Å². The first kappa shape index (κ1) is 18.4. The van der Waals surface area contributed by atoms with Crippen molar-refractivity contribution in [1.29, 1.82) is 0 Å². The molecule has 1 heterocycles. The summed E-state index contributed by atoms with van der Waals surface area (Å²) >= 11 is 0. The Labute approximate surface area is 154 Å². The summed E-state index contributed by atoms with van der Waals surface area (Å²) in [5.41, 5.74) is 2.68. The highest BCUT2D eigenvalue weighted by Gasteiger charge is 2.46. The third-order valence-electron chi connectivity index (χ3n) is 5.88. The van der Waals surface area contributed by atoms with E-state index in [1.807, 2.05) is 12.1 Å². The second-order valence-electron chi connectivity index (χ2n) is 7.38. The summed E-state index contributed by atoms with van der Waals surface area (Å²) in [5, 5.41) is 12.6. The van der Waals surface area contributed by atoms with Gasteiger partial charge in [0.05, 0.1) is 12.8 Å². The van der Waals surface area contributed by atoms with Crippen LogP contribution in [0.25, 0.3) is 5.69 Å². The Kier molecular flexibility index (Phi) is 4.98. The highest BCUT2D eigenvalue weighted by molar-refractivity contribution is 5.68. The molecule has 1 aromatic heterocycles. The molecule has 0 saturated heterocycles. The van der Waals surface area contributed by atoms with E-state index in [0.717, 1.165) is 36.9 Å². The van der Waals surface area contributed by atoms with Crippen LogP contribution in [-0.4, -0.2) is 45.4 Å². The molecule has 7 nitrogen and oxygen atoms in total. The fourth-order valence-corrected chi connectivity index (χ4v) is 3.87. The lowest BCUT2D eigenvalue weighted by atomic mass is 9.75. The molecule has 3 rings (SSSR count). The SMILES string of the molecule is COC(=O)N(C)C1(c2nnnn2-c2cccc(C)c2C)CCC(C)CC1. The highest BCUT2D eigenvalue weighted by atomic mass is 16.5. The van der Waals surface area contributed by atoms with Gasteiger partial charge in [-0.2, -0.15) is 4.68 Å². The minimum Gasteiger partial charge on any atom is -0.453 e. The Morgan fingerprint density at radius 1 is 1.31 bits per heavy atom. The van der Waals surface area contributed by atoms with Gasteiger partial charge >= 0.3 is 6.09 Å². The van der Waals surface area contributed by atoms with Crippen molar-refractivity contribution in [1.82, 2.24) is 25.1 Å². The molecule has 0 unspecified atom stereocenters. The fraction of sp³-hybridized carbons (Fsp3) is 0.579. The maximum atomic E-state index is 12.4. The molecule has 26 heavy (non-hydrogen) atoms. The number of nitrogens with zero attached hydrogens (tertiary/aromatic N) is 5. The number of rotatable bonds is 3. The molecule has 0 bridgehead atoms. The number of tetrazole rings is 1. The third kappa shape index (κ3) is 2.95. The average molecular weight is 357 g/mol. The largest absolute Gasteiger partial charge is 0.453 e. The molecule has 1 saturated carbocycles. The van der Waals surface area contributed by atoms with Gasteiger partial charge in [-0.25, -0.2) is 4.79 Å². The smallest absolute Gasteiger partial charge is 0.410 e. The number of carbonyl (C=O) groups is 1. The fourth-order valence-electron chi connectivity index (χ4n) is 3.87. The van der Waals surface area contributed by atoms with Crippen LogP contribution in [0.3, 0.4) is 0 Å². The van der Waals surface area contributed by atoms with Crippen molar-refractivity contribution < 1.29 is 9.53 Å². The molecule has 0 atom stereocenters. The Bertz CT molecular complexity index is 793. The van der Waals surface area contributed by atoms with E-state index < -0.39 is 5.54 Å². The number of hydrogen-bond donors (Lipinski definition) is 0. The van der Waals surface area contributed by atoms with E-state index in [2.05, 4.69) is 42.4 Å². The second-order valence-corrected chi connectivity index (χ2v) is 7.38. The third-order valence-corrected chi connectivity index (χ3v) is 5.88. The highest BCUT2D eigenvalue weighted by Crippen LogP contribution is 2.43. The van der Waals surface area contributed by atoms with Gasteiger partial charge in [0.25, 0.3) is 0 Å². The molecule has 1 aliphatic rings. The summed E-state index contributed by atoms with van der Waals surface area (Å²) in [6.45, 7) is 6.38. The molecule has 2 aromatic rings. The van der Waals surface area contributed by atoms with Gasteiger partial charge in [0, 0.05) is 7.05 Å². The predicted octanol–water partition coefficient (Wildman–Crippen LogP) is 3.38.